The van der Waals surface area contributed by atoms with Gasteiger partial charge in [-0.2, -0.15) is 5.10 Å². The summed E-state index contributed by atoms with van der Waals surface area (Å²) < 4.78 is 1.22. The highest BCUT2D eigenvalue weighted by molar-refractivity contribution is 5.76. The summed E-state index contributed by atoms with van der Waals surface area (Å²) in [7, 11) is 0. The largest absolute Gasteiger partial charge is 0.394 e. The molecule has 18 heavy (non-hydrogen) atoms. The van der Waals surface area contributed by atoms with E-state index in [1.54, 1.807) is 13.8 Å². The zero-order chi connectivity index (χ0) is 13.7. The first-order valence-corrected chi connectivity index (χ1v) is 5.56. The molecule has 1 heterocycles. The van der Waals surface area contributed by atoms with Gasteiger partial charge in [-0.25, -0.2) is 0 Å². The predicted molar refractivity (Wildman–Crippen MR) is 62.8 cm³/mol. The number of aliphatic hydroxyl groups is 1. The molecule has 0 aliphatic carbocycles. The number of aromatic nitrogens is 2. The van der Waals surface area contributed by atoms with Crippen LogP contribution in [0.2, 0.25) is 0 Å². The van der Waals surface area contributed by atoms with Crippen LogP contribution in [0.15, 0.2) is 12.4 Å². The fourth-order valence-corrected chi connectivity index (χ4v) is 1.60. The molecule has 0 aliphatic rings. The average Bonchev–Trinajstić information content (AvgIpc) is 2.78. The number of carbonyl (C=O) groups is 1. The lowest BCUT2D eigenvalue weighted by Gasteiger charge is -2.26. The van der Waals surface area contributed by atoms with Crippen LogP contribution < -0.4 is 0 Å². The van der Waals surface area contributed by atoms with E-state index >= 15 is 0 Å². The molecule has 1 atom stereocenters. The van der Waals surface area contributed by atoms with Crippen molar-refractivity contribution in [2.75, 3.05) is 13.2 Å². The molecule has 0 aliphatic heterocycles. The maximum atomic E-state index is 11.9. The molecule has 0 fully saturated rings. The van der Waals surface area contributed by atoms with Crippen molar-refractivity contribution in [3.8, 4) is 0 Å². The van der Waals surface area contributed by atoms with E-state index in [0.29, 0.717) is 6.54 Å². The molecule has 0 unspecified atom stereocenters. The van der Waals surface area contributed by atoms with E-state index in [4.69, 9.17) is 5.11 Å². The fourth-order valence-electron chi connectivity index (χ4n) is 1.60. The number of nitro groups is 1. The number of likely N-dealkylation sites (N-methyl/N-ethyl adjacent to an activating group) is 1. The zero-order valence-electron chi connectivity index (χ0n) is 10.3. The molecule has 1 N–H and O–H groups in total. The van der Waals surface area contributed by atoms with Crippen LogP contribution in [0.1, 0.15) is 13.8 Å². The Bertz CT molecular complexity index is 431. The summed E-state index contributed by atoms with van der Waals surface area (Å²) >= 11 is 0. The van der Waals surface area contributed by atoms with Crippen LogP contribution in [-0.4, -0.2) is 49.8 Å². The normalized spacial score (nSPS) is 12.2. The van der Waals surface area contributed by atoms with Gasteiger partial charge in [-0.15, -0.1) is 0 Å². The van der Waals surface area contributed by atoms with Crippen molar-refractivity contribution in [2.24, 2.45) is 0 Å². The van der Waals surface area contributed by atoms with Gasteiger partial charge >= 0.3 is 5.69 Å². The van der Waals surface area contributed by atoms with Crippen molar-refractivity contribution in [2.45, 2.75) is 26.4 Å². The Kier molecular flexibility index (Phi) is 4.78. The minimum Gasteiger partial charge on any atom is -0.394 e. The molecule has 0 radical (unpaired) electrons. The highest BCUT2D eigenvalue weighted by Crippen LogP contribution is 2.08. The maximum absolute atomic E-state index is 11.9. The molecule has 1 amide bonds. The third-order valence-corrected chi connectivity index (χ3v) is 2.59. The molecule has 1 aromatic rings. The Morgan fingerprint density at radius 3 is 2.83 bits per heavy atom. The average molecular weight is 256 g/mol. The Morgan fingerprint density at radius 2 is 2.39 bits per heavy atom. The lowest BCUT2D eigenvalue weighted by atomic mass is 10.3. The predicted octanol–water partition coefficient (Wildman–Crippen LogP) is 0.0206. The summed E-state index contributed by atoms with van der Waals surface area (Å²) in [6, 6.07) is -0.284. The highest BCUT2D eigenvalue weighted by Gasteiger charge is 2.19. The summed E-state index contributed by atoms with van der Waals surface area (Å²) in [4.78, 5) is 23.3. The summed E-state index contributed by atoms with van der Waals surface area (Å²) in [6.07, 6.45) is 2.30. The molecule has 1 rings (SSSR count). The van der Waals surface area contributed by atoms with Gasteiger partial charge in [0.05, 0.1) is 17.6 Å². The van der Waals surface area contributed by atoms with E-state index in [1.807, 2.05) is 0 Å². The molecule has 0 spiro atoms. The number of hydrogen-bond donors (Lipinski definition) is 1. The van der Waals surface area contributed by atoms with Gasteiger partial charge in [0.2, 0.25) is 5.91 Å². The molecule has 0 saturated heterocycles. The summed E-state index contributed by atoms with van der Waals surface area (Å²) in [5.41, 5.74) is -0.152. The molecule has 0 aromatic carbocycles. The van der Waals surface area contributed by atoms with E-state index in [2.05, 4.69) is 5.10 Å². The number of carbonyl (C=O) groups excluding carboxylic acids is 1. The highest BCUT2D eigenvalue weighted by atomic mass is 16.6. The van der Waals surface area contributed by atoms with Crippen molar-refractivity contribution in [3.05, 3.63) is 22.5 Å². The second-order valence-corrected chi connectivity index (χ2v) is 3.86. The molecular weight excluding hydrogens is 240 g/mol. The third-order valence-electron chi connectivity index (χ3n) is 2.59. The topological polar surface area (TPSA) is 102 Å². The van der Waals surface area contributed by atoms with Crippen LogP contribution >= 0.6 is 0 Å². The minimum atomic E-state index is -0.568. The first-order valence-electron chi connectivity index (χ1n) is 5.56. The first kappa shape index (κ1) is 14.1. The standard InChI is InChI=1S/C10H16N4O4/c1-3-13(8(2)7-15)10(16)6-12-5-9(4-11-12)14(17)18/h4-5,8,15H,3,6-7H2,1-2H3/t8-/m0/s1. The fraction of sp³-hybridized carbons (Fsp3) is 0.600. The summed E-state index contributed by atoms with van der Waals surface area (Å²) in [5, 5.41) is 23.2. The lowest BCUT2D eigenvalue weighted by Crippen LogP contribution is -2.42. The second kappa shape index (κ2) is 6.10. The van der Waals surface area contributed by atoms with Crippen molar-refractivity contribution < 1.29 is 14.8 Å². The SMILES string of the molecule is CCN(C(=O)Cn1cc([N+](=O)[O-])cn1)[C@@H](C)CO. The molecule has 1 aromatic heterocycles. The Hall–Kier alpha value is -1.96. The minimum absolute atomic E-state index is 0.0774. The first-order chi connectivity index (χ1) is 8.49. The quantitative estimate of drug-likeness (QED) is 0.571. The number of nitrogens with zero attached hydrogens (tertiary/aromatic N) is 4. The number of hydrogen-bond acceptors (Lipinski definition) is 5. The zero-order valence-corrected chi connectivity index (χ0v) is 10.3. The van der Waals surface area contributed by atoms with E-state index in [1.165, 1.54) is 15.8 Å². The number of rotatable bonds is 6. The van der Waals surface area contributed by atoms with Gasteiger partial charge in [-0.05, 0) is 13.8 Å². The van der Waals surface area contributed by atoms with Crippen LogP contribution in [0, 0.1) is 10.1 Å². The maximum Gasteiger partial charge on any atom is 0.307 e. The van der Waals surface area contributed by atoms with Gasteiger partial charge < -0.3 is 10.0 Å². The van der Waals surface area contributed by atoms with Crippen LogP contribution in [-0.2, 0) is 11.3 Å². The van der Waals surface area contributed by atoms with Gasteiger partial charge in [-0.3, -0.25) is 19.6 Å². The van der Waals surface area contributed by atoms with Gasteiger partial charge in [0.15, 0.2) is 0 Å². The van der Waals surface area contributed by atoms with Crippen molar-refractivity contribution in [3.63, 3.8) is 0 Å². The van der Waals surface area contributed by atoms with Crippen molar-refractivity contribution in [1.29, 1.82) is 0 Å². The molecular formula is C10H16N4O4. The van der Waals surface area contributed by atoms with E-state index < -0.39 is 4.92 Å². The van der Waals surface area contributed by atoms with Gasteiger partial charge in [0.25, 0.3) is 0 Å². The van der Waals surface area contributed by atoms with E-state index in [-0.39, 0.29) is 30.8 Å². The Balaban J connectivity index is 2.70. The van der Waals surface area contributed by atoms with Gasteiger partial charge in [0.1, 0.15) is 18.9 Å². The van der Waals surface area contributed by atoms with Crippen molar-refractivity contribution >= 4 is 11.6 Å². The van der Waals surface area contributed by atoms with E-state index in [0.717, 1.165) is 6.20 Å². The number of amides is 1. The second-order valence-electron chi connectivity index (χ2n) is 3.86. The lowest BCUT2D eigenvalue weighted by molar-refractivity contribution is -0.385. The van der Waals surface area contributed by atoms with Crippen LogP contribution in [0.5, 0.6) is 0 Å². The van der Waals surface area contributed by atoms with Gasteiger partial charge in [-0.1, -0.05) is 0 Å². The van der Waals surface area contributed by atoms with Crippen LogP contribution in [0.3, 0.4) is 0 Å². The molecule has 100 valence electrons. The monoisotopic (exact) mass is 256 g/mol. The van der Waals surface area contributed by atoms with Crippen molar-refractivity contribution in [1.82, 2.24) is 14.7 Å². The van der Waals surface area contributed by atoms with Crippen LogP contribution in [0.4, 0.5) is 5.69 Å². The van der Waals surface area contributed by atoms with Gasteiger partial charge in [0, 0.05) is 6.54 Å². The molecule has 8 heteroatoms. The van der Waals surface area contributed by atoms with Crippen LogP contribution in [0.25, 0.3) is 0 Å². The smallest absolute Gasteiger partial charge is 0.307 e. The summed E-state index contributed by atoms with van der Waals surface area (Å²) in [5.74, 6) is -0.239. The Labute approximate surface area is 104 Å². The molecule has 8 nitrogen and oxygen atoms in total. The van der Waals surface area contributed by atoms with E-state index in [9.17, 15) is 14.9 Å². The summed E-state index contributed by atoms with van der Waals surface area (Å²) in [6.45, 7) is 3.79. The Morgan fingerprint density at radius 1 is 1.72 bits per heavy atom. The third kappa shape index (κ3) is 3.27. The molecule has 0 saturated carbocycles. The number of aliphatic hydroxyl groups excluding tert-OH is 1. The molecule has 0 bridgehead atoms.